The molecule has 0 bridgehead atoms. The van der Waals surface area contributed by atoms with Crippen molar-refractivity contribution in [3.8, 4) is 0 Å². The second-order valence-electron chi connectivity index (χ2n) is 6.16. The first-order valence-electron chi connectivity index (χ1n) is 7.92. The maximum Gasteiger partial charge on any atom is 0.144 e. The third-order valence-corrected chi connectivity index (χ3v) is 3.98. The minimum absolute atomic E-state index is 0.686. The molecule has 0 saturated carbocycles. The first-order valence-corrected chi connectivity index (χ1v) is 7.92. The number of rotatable bonds is 6. The number of hydrogen-bond donors (Lipinski definition) is 1. The number of aryl methyl sites for hydroxylation is 1. The predicted octanol–water partition coefficient (Wildman–Crippen LogP) is 3.23. The lowest BCUT2D eigenvalue weighted by atomic mass is 10.0. The van der Waals surface area contributed by atoms with Crippen molar-refractivity contribution in [2.45, 2.75) is 59.5 Å². The number of hydrogen-bond acceptors (Lipinski definition) is 4. The van der Waals surface area contributed by atoms with Gasteiger partial charge in [-0.15, -0.1) is 0 Å². The van der Waals surface area contributed by atoms with Crippen molar-refractivity contribution in [3.05, 3.63) is 17.6 Å². The summed E-state index contributed by atoms with van der Waals surface area (Å²) in [7, 11) is 0. The van der Waals surface area contributed by atoms with E-state index in [2.05, 4.69) is 41.0 Å². The second-order valence-corrected chi connectivity index (χ2v) is 6.16. The highest BCUT2D eigenvalue weighted by Crippen LogP contribution is 2.25. The lowest BCUT2D eigenvalue weighted by Crippen LogP contribution is -2.33. The van der Waals surface area contributed by atoms with Gasteiger partial charge in [-0.1, -0.05) is 20.8 Å². The van der Waals surface area contributed by atoms with Crippen molar-refractivity contribution in [2.24, 2.45) is 5.92 Å². The van der Waals surface area contributed by atoms with Gasteiger partial charge in [-0.05, 0) is 38.6 Å². The Labute approximate surface area is 123 Å². The summed E-state index contributed by atoms with van der Waals surface area (Å²) >= 11 is 0. The Bertz CT molecular complexity index is 430. The molecule has 0 aromatic carbocycles. The van der Waals surface area contributed by atoms with Crippen molar-refractivity contribution in [1.82, 2.24) is 14.9 Å². The Morgan fingerprint density at radius 3 is 2.90 bits per heavy atom. The van der Waals surface area contributed by atoms with Gasteiger partial charge in [0.2, 0.25) is 0 Å². The zero-order valence-electron chi connectivity index (χ0n) is 13.3. The summed E-state index contributed by atoms with van der Waals surface area (Å²) in [5, 5.41) is 3.36. The molecular weight excluding hydrogens is 248 g/mol. The highest BCUT2D eigenvalue weighted by molar-refractivity contribution is 5.35. The molecule has 20 heavy (non-hydrogen) atoms. The number of nitrogens with zero attached hydrogens (tertiary/aromatic N) is 3. The van der Waals surface area contributed by atoms with E-state index in [9.17, 15) is 0 Å². The highest BCUT2D eigenvalue weighted by atomic mass is 15.2. The molecule has 0 amide bonds. The molecule has 1 aliphatic rings. The van der Waals surface area contributed by atoms with E-state index in [4.69, 9.17) is 0 Å². The standard InChI is InChI=1S/C16H28N4/c1-5-8-17-15-10-13(4)18-16(19-15)11-20-9-6-7-14(20)12(2)3/h10,12,14H,5-9,11H2,1-4H3,(H,17,18,19). The van der Waals surface area contributed by atoms with Gasteiger partial charge in [0.1, 0.15) is 11.6 Å². The van der Waals surface area contributed by atoms with Crippen LogP contribution in [0.25, 0.3) is 0 Å². The monoisotopic (exact) mass is 276 g/mol. The Kier molecular flexibility index (Phi) is 5.35. The van der Waals surface area contributed by atoms with Crippen LogP contribution in [0.4, 0.5) is 5.82 Å². The maximum atomic E-state index is 4.66. The van der Waals surface area contributed by atoms with Crippen LogP contribution in [0.2, 0.25) is 0 Å². The van der Waals surface area contributed by atoms with Crippen LogP contribution in [-0.4, -0.2) is 34.0 Å². The van der Waals surface area contributed by atoms with Crippen molar-refractivity contribution in [3.63, 3.8) is 0 Å². The van der Waals surface area contributed by atoms with Crippen LogP contribution in [0, 0.1) is 12.8 Å². The number of aromatic nitrogens is 2. The van der Waals surface area contributed by atoms with Crippen LogP contribution in [0.3, 0.4) is 0 Å². The van der Waals surface area contributed by atoms with Gasteiger partial charge < -0.3 is 5.32 Å². The predicted molar refractivity (Wildman–Crippen MR) is 83.8 cm³/mol. The van der Waals surface area contributed by atoms with E-state index < -0.39 is 0 Å². The van der Waals surface area contributed by atoms with Gasteiger partial charge in [0.05, 0.1) is 6.54 Å². The minimum Gasteiger partial charge on any atom is -0.370 e. The largest absolute Gasteiger partial charge is 0.370 e. The summed E-state index contributed by atoms with van der Waals surface area (Å²) in [5.74, 6) is 2.63. The lowest BCUT2D eigenvalue weighted by molar-refractivity contribution is 0.194. The third kappa shape index (κ3) is 3.92. The van der Waals surface area contributed by atoms with Gasteiger partial charge in [-0.3, -0.25) is 4.90 Å². The van der Waals surface area contributed by atoms with Gasteiger partial charge in [0.15, 0.2) is 0 Å². The maximum absolute atomic E-state index is 4.66. The molecule has 0 radical (unpaired) electrons. The third-order valence-electron chi connectivity index (χ3n) is 3.98. The molecule has 112 valence electrons. The second kappa shape index (κ2) is 7.02. The van der Waals surface area contributed by atoms with E-state index in [0.717, 1.165) is 36.8 Å². The first-order chi connectivity index (χ1) is 9.60. The molecule has 1 aromatic rings. The number of anilines is 1. The molecule has 2 heterocycles. The quantitative estimate of drug-likeness (QED) is 0.866. The Hall–Kier alpha value is -1.16. The van der Waals surface area contributed by atoms with E-state index in [1.165, 1.54) is 19.4 Å². The van der Waals surface area contributed by atoms with Crippen molar-refractivity contribution in [1.29, 1.82) is 0 Å². The lowest BCUT2D eigenvalue weighted by Gasteiger charge is -2.26. The van der Waals surface area contributed by atoms with Crippen LogP contribution >= 0.6 is 0 Å². The highest BCUT2D eigenvalue weighted by Gasteiger charge is 2.27. The van der Waals surface area contributed by atoms with E-state index in [0.29, 0.717) is 12.0 Å². The SMILES string of the molecule is CCCNc1cc(C)nc(CN2CCCC2C(C)C)n1. The zero-order chi connectivity index (χ0) is 14.5. The fourth-order valence-corrected chi connectivity index (χ4v) is 3.03. The summed E-state index contributed by atoms with van der Waals surface area (Å²) in [6.07, 6.45) is 3.72. The number of likely N-dealkylation sites (tertiary alicyclic amines) is 1. The minimum atomic E-state index is 0.686. The fourth-order valence-electron chi connectivity index (χ4n) is 3.03. The topological polar surface area (TPSA) is 41.1 Å². The average Bonchev–Trinajstić information content (AvgIpc) is 2.84. The van der Waals surface area contributed by atoms with Crippen LogP contribution in [0.1, 0.15) is 51.6 Å². The molecule has 1 N–H and O–H groups in total. The summed E-state index contributed by atoms with van der Waals surface area (Å²) < 4.78 is 0. The van der Waals surface area contributed by atoms with Crippen LogP contribution in [0.5, 0.6) is 0 Å². The molecule has 0 spiro atoms. The van der Waals surface area contributed by atoms with E-state index in [1.807, 2.05) is 13.0 Å². The van der Waals surface area contributed by atoms with Crippen molar-refractivity contribution in [2.75, 3.05) is 18.4 Å². The van der Waals surface area contributed by atoms with Crippen LogP contribution in [-0.2, 0) is 6.54 Å². The normalized spacial score (nSPS) is 19.8. The summed E-state index contributed by atoms with van der Waals surface area (Å²) in [6.45, 7) is 11.9. The molecule has 1 aromatic heterocycles. The average molecular weight is 276 g/mol. The molecule has 2 rings (SSSR count). The molecule has 1 aliphatic heterocycles. The van der Waals surface area contributed by atoms with Crippen LogP contribution < -0.4 is 5.32 Å². The molecule has 1 saturated heterocycles. The first kappa shape index (κ1) is 15.2. The van der Waals surface area contributed by atoms with Gasteiger partial charge in [0.25, 0.3) is 0 Å². The smallest absolute Gasteiger partial charge is 0.144 e. The molecule has 4 heteroatoms. The molecule has 4 nitrogen and oxygen atoms in total. The van der Waals surface area contributed by atoms with Crippen molar-refractivity contribution >= 4 is 5.82 Å². The van der Waals surface area contributed by atoms with Crippen molar-refractivity contribution < 1.29 is 0 Å². The van der Waals surface area contributed by atoms with E-state index in [-0.39, 0.29) is 0 Å². The molecule has 0 aliphatic carbocycles. The molecular formula is C16H28N4. The Morgan fingerprint density at radius 2 is 2.20 bits per heavy atom. The molecule has 1 fully saturated rings. The van der Waals surface area contributed by atoms with Gasteiger partial charge in [-0.25, -0.2) is 9.97 Å². The Morgan fingerprint density at radius 1 is 1.40 bits per heavy atom. The fraction of sp³-hybridized carbons (Fsp3) is 0.750. The Balaban J connectivity index is 2.06. The van der Waals surface area contributed by atoms with Crippen LogP contribution in [0.15, 0.2) is 6.07 Å². The van der Waals surface area contributed by atoms with E-state index >= 15 is 0 Å². The van der Waals surface area contributed by atoms with Gasteiger partial charge >= 0.3 is 0 Å². The summed E-state index contributed by atoms with van der Waals surface area (Å²) in [5.41, 5.74) is 1.05. The number of nitrogens with one attached hydrogen (secondary N) is 1. The molecule has 1 unspecified atom stereocenters. The summed E-state index contributed by atoms with van der Waals surface area (Å²) in [6, 6.07) is 2.72. The summed E-state index contributed by atoms with van der Waals surface area (Å²) in [4.78, 5) is 11.8. The van der Waals surface area contributed by atoms with E-state index in [1.54, 1.807) is 0 Å². The molecule has 1 atom stereocenters. The van der Waals surface area contributed by atoms with Gasteiger partial charge in [-0.2, -0.15) is 0 Å². The zero-order valence-corrected chi connectivity index (χ0v) is 13.3. The van der Waals surface area contributed by atoms with Gasteiger partial charge in [0, 0.05) is 24.3 Å².